The smallest absolute Gasteiger partial charge is 0.266 e. The van der Waals surface area contributed by atoms with Gasteiger partial charge in [0.15, 0.2) is 0 Å². The standard InChI is InChI=1S/C14H14N4O2S/c1-8-9(3-6-20-8)7-18(2)14(19)12-10(15)11-13(21-12)17-5-4-16-11/h3-6H,7,15H2,1-2H3. The lowest BCUT2D eigenvalue weighted by atomic mass is 10.2. The lowest BCUT2D eigenvalue weighted by molar-refractivity contribution is 0.0790. The highest BCUT2D eigenvalue weighted by Crippen LogP contribution is 2.31. The van der Waals surface area contributed by atoms with Crippen molar-refractivity contribution in [3.05, 3.63) is 40.9 Å². The number of thiophene rings is 1. The molecule has 0 aliphatic carbocycles. The zero-order valence-corrected chi connectivity index (χ0v) is 12.5. The number of furan rings is 1. The van der Waals surface area contributed by atoms with Crippen molar-refractivity contribution in [2.75, 3.05) is 12.8 Å². The first-order valence-corrected chi connectivity index (χ1v) is 7.17. The molecule has 0 atom stereocenters. The molecular weight excluding hydrogens is 288 g/mol. The number of hydrogen-bond donors (Lipinski definition) is 1. The monoisotopic (exact) mass is 302 g/mol. The second-order valence-corrected chi connectivity index (χ2v) is 5.72. The first kappa shape index (κ1) is 13.6. The van der Waals surface area contributed by atoms with Crippen LogP contribution in [0.4, 0.5) is 5.69 Å². The van der Waals surface area contributed by atoms with Crippen LogP contribution in [0.15, 0.2) is 29.1 Å². The minimum Gasteiger partial charge on any atom is -0.469 e. The number of aromatic nitrogens is 2. The molecule has 0 saturated heterocycles. The zero-order valence-electron chi connectivity index (χ0n) is 11.7. The van der Waals surface area contributed by atoms with Crippen LogP contribution in [0, 0.1) is 6.92 Å². The Morgan fingerprint density at radius 2 is 2.19 bits per heavy atom. The van der Waals surface area contributed by atoms with Gasteiger partial charge in [0.05, 0.1) is 12.0 Å². The van der Waals surface area contributed by atoms with Crippen LogP contribution in [0.2, 0.25) is 0 Å². The molecule has 0 aromatic carbocycles. The average molecular weight is 302 g/mol. The predicted octanol–water partition coefficient (Wildman–Crippen LogP) is 2.45. The Kier molecular flexibility index (Phi) is 3.34. The van der Waals surface area contributed by atoms with E-state index in [-0.39, 0.29) is 5.91 Å². The number of nitrogens with two attached hydrogens (primary N) is 1. The number of aryl methyl sites for hydroxylation is 1. The Balaban J connectivity index is 1.89. The van der Waals surface area contributed by atoms with Gasteiger partial charge in [-0.3, -0.25) is 4.79 Å². The molecule has 3 aromatic heterocycles. The molecule has 0 fully saturated rings. The SMILES string of the molecule is Cc1occc1CN(C)C(=O)c1sc2nccnc2c1N. The average Bonchev–Trinajstić information content (AvgIpc) is 3.03. The highest BCUT2D eigenvalue weighted by molar-refractivity contribution is 7.21. The first-order chi connectivity index (χ1) is 10.1. The normalized spacial score (nSPS) is 11.0. The Hall–Kier alpha value is -2.41. The summed E-state index contributed by atoms with van der Waals surface area (Å²) in [4.78, 5) is 23.7. The quantitative estimate of drug-likeness (QED) is 0.803. The number of fused-ring (bicyclic) bond motifs is 1. The van der Waals surface area contributed by atoms with Gasteiger partial charge in [-0.1, -0.05) is 0 Å². The fraction of sp³-hybridized carbons (Fsp3) is 0.214. The third-order valence-corrected chi connectivity index (χ3v) is 4.37. The van der Waals surface area contributed by atoms with E-state index in [0.29, 0.717) is 27.5 Å². The second-order valence-electron chi connectivity index (χ2n) is 4.72. The molecule has 108 valence electrons. The topological polar surface area (TPSA) is 85.2 Å². The molecule has 0 aliphatic rings. The van der Waals surface area contributed by atoms with Crippen LogP contribution in [0.25, 0.3) is 10.3 Å². The summed E-state index contributed by atoms with van der Waals surface area (Å²) in [5, 5.41) is 0. The van der Waals surface area contributed by atoms with E-state index in [0.717, 1.165) is 11.3 Å². The maximum atomic E-state index is 12.5. The van der Waals surface area contributed by atoms with Crippen LogP contribution in [0.1, 0.15) is 21.0 Å². The second kappa shape index (κ2) is 5.17. The minimum atomic E-state index is -0.141. The number of hydrogen-bond acceptors (Lipinski definition) is 6. The van der Waals surface area contributed by atoms with Crippen LogP contribution < -0.4 is 5.73 Å². The molecule has 6 nitrogen and oxygen atoms in total. The van der Waals surface area contributed by atoms with Gasteiger partial charge in [0.1, 0.15) is 21.0 Å². The van der Waals surface area contributed by atoms with E-state index in [4.69, 9.17) is 10.2 Å². The summed E-state index contributed by atoms with van der Waals surface area (Å²) < 4.78 is 5.24. The van der Waals surface area contributed by atoms with Gasteiger partial charge in [0.2, 0.25) is 0 Å². The van der Waals surface area contributed by atoms with Crippen LogP contribution in [0.3, 0.4) is 0 Å². The fourth-order valence-electron chi connectivity index (χ4n) is 2.08. The lowest BCUT2D eigenvalue weighted by Gasteiger charge is -2.16. The molecule has 0 radical (unpaired) electrons. The molecule has 0 bridgehead atoms. The molecular formula is C14H14N4O2S. The number of anilines is 1. The molecule has 2 N–H and O–H groups in total. The summed E-state index contributed by atoms with van der Waals surface area (Å²) in [5.41, 5.74) is 7.97. The highest BCUT2D eigenvalue weighted by atomic mass is 32.1. The molecule has 7 heteroatoms. The van der Waals surface area contributed by atoms with Gasteiger partial charge in [0.25, 0.3) is 5.91 Å². The van der Waals surface area contributed by atoms with Gasteiger partial charge in [0, 0.05) is 31.5 Å². The largest absolute Gasteiger partial charge is 0.469 e. The van der Waals surface area contributed by atoms with Crippen molar-refractivity contribution >= 4 is 33.3 Å². The maximum absolute atomic E-state index is 12.5. The van der Waals surface area contributed by atoms with Crippen molar-refractivity contribution in [2.24, 2.45) is 0 Å². The van der Waals surface area contributed by atoms with Crippen molar-refractivity contribution in [3.63, 3.8) is 0 Å². The molecule has 3 heterocycles. The Bertz CT molecular complexity index is 808. The van der Waals surface area contributed by atoms with E-state index in [9.17, 15) is 4.79 Å². The number of carbonyl (C=O) groups is 1. The number of rotatable bonds is 3. The van der Waals surface area contributed by atoms with E-state index < -0.39 is 0 Å². The fourth-order valence-corrected chi connectivity index (χ4v) is 3.09. The van der Waals surface area contributed by atoms with Gasteiger partial charge < -0.3 is 15.1 Å². The van der Waals surface area contributed by atoms with Crippen LogP contribution in [-0.4, -0.2) is 27.8 Å². The van der Waals surface area contributed by atoms with Crippen LogP contribution >= 0.6 is 11.3 Å². The molecule has 0 aliphatic heterocycles. The van der Waals surface area contributed by atoms with Crippen molar-refractivity contribution in [1.82, 2.24) is 14.9 Å². The van der Waals surface area contributed by atoms with Crippen molar-refractivity contribution in [2.45, 2.75) is 13.5 Å². The summed E-state index contributed by atoms with van der Waals surface area (Å²) in [6.07, 6.45) is 4.77. The lowest BCUT2D eigenvalue weighted by Crippen LogP contribution is -2.26. The van der Waals surface area contributed by atoms with Gasteiger partial charge >= 0.3 is 0 Å². The minimum absolute atomic E-state index is 0.141. The van der Waals surface area contributed by atoms with Gasteiger partial charge in [-0.05, 0) is 13.0 Å². The van der Waals surface area contributed by atoms with Crippen molar-refractivity contribution < 1.29 is 9.21 Å². The van der Waals surface area contributed by atoms with E-state index in [1.54, 1.807) is 30.6 Å². The third-order valence-electron chi connectivity index (χ3n) is 3.28. The van der Waals surface area contributed by atoms with E-state index in [2.05, 4.69) is 9.97 Å². The van der Waals surface area contributed by atoms with E-state index in [1.165, 1.54) is 11.3 Å². The van der Waals surface area contributed by atoms with E-state index in [1.807, 2.05) is 13.0 Å². The summed E-state index contributed by atoms with van der Waals surface area (Å²) in [5.74, 6) is 0.667. The predicted molar refractivity (Wildman–Crippen MR) is 81.1 cm³/mol. The molecule has 0 unspecified atom stereocenters. The first-order valence-electron chi connectivity index (χ1n) is 6.35. The highest BCUT2D eigenvalue weighted by Gasteiger charge is 2.21. The van der Waals surface area contributed by atoms with Crippen molar-refractivity contribution in [1.29, 1.82) is 0 Å². The summed E-state index contributed by atoms with van der Waals surface area (Å²) in [6.45, 7) is 2.34. The number of amides is 1. The molecule has 3 rings (SSSR count). The van der Waals surface area contributed by atoms with Crippen LogP contribution in [-0.2, 0) is 6.54 Å². The molecule has 0 saturated carbocycles. The maximum Gasteiger partial charge on any atom is 0.266 e. The van der Waals surface area contributed by atoms with E-state index >= 15 is 0 Å². The molecule has 3 aromatic rings. The number of nitrogens with zero attached hydrogens (tertiary/aromatic N) is 3. The summed E-state index contributed by atoms with van der Waals surface area (Å²) in [6, 6.07) is 1.86. The van der Waals surface area contributed by atoms with Crippen molar-refractivity contribution in [3.8, 4) is 0 Å². The van der Waals surface area contributed by atoms with Gasteiger partial charge in [-0.15, -0.1) is 11.3 Å². The number of nitrogen functional groups attached to an aromatic ring is 1. The Morgan fingerprint density at radius 3 is 2.86 bits per heavy atom. The molecule has 0 spiro atoms. The molecule has 21 heavy (non-hydrogen) atoms. The summed E-state index contributed by atoms with van der Waals surface area (Å²) >= 11 is 1.26. The van der Waals surface area contributed by atoms with Gasteiger partial charge in [-0.25, -0.2) is 9.97 Å². The third kappa shape index (κ3) is 2.36. The summed E-state index contributed by atoms with van der Waals surface area (Å²) in [7, 11) is 1.74. The Labute approximate surface area is 125 Å². The Morgan fingerprint density at radius 1 is 1.43 bits per heavy atom. The zero-order chi connectivity index (χ0) is 15.0. The number of carbonyl (C=O) groups excluding carboxylic acids is 1. The van der Waals surface area contributed by atoms with Gasteiger partial charge in [-0.2, -0.15) is 0 Å². The van der Waals surface area contributed by atoms with Crippen LogP contribution in [0.5, 0.6) is 0 Å². The molecule has 1 amide bonds.